The van der Waals surface area contributed by atoms with Gasteiger partial charge in [-0.3, -0.25) is 4.79 Å². The number of amides is 1. The van der Waals surface area contributed by atoms with E-state index in [-0.39, 0.29) is 17.5 Å². The fraction of sp³-hybridized carbons (Fsp3) is 0.562. The number of carbonyl (C=O) groups excluding carboxylic acids is 1. The van der Waals surface area contributed by atoms with Gasteiger partial charge in [0.2, 0.25) is 5.91 Å². The van der Waals surface area contributed by atoms with Crippen molar-refractivity contribution in [1.29, 1.82) is 0 Å². The molecule has 0 heterocycles. The zero-order valence-electron chi connectivity index (χ0n) is 12.3. The van der Waals surface area contributed by atoms with Crippen molar-refractivity contribution in [1.82, 2.24) is 5.32 Å². The van der Waals surface area contributed by atoms with Crippen LogP contribution in [0.2, 0.25) is 0 Å². The van der Waals surface area contributed by atoms with E-state index in [4.69, 9.17) is 5.73 Å². The van der Waals surface area contributed by atoms with Crippen LogP contribution in [0.1, 0.15) is 58.1 Å². The van der Waals surface area contributed by atoms with Crippen LogP contribution >= 0.6 is 0 Å². The Balaban J connectivity index is 2.42. The van der Waals surface area contributed by atoms with Crippen molar-refractivity contribution < 1.29 is 4.79 Å². The number of nitrogens with two attached hydrogens (primary N) is 1. The molecule has 1 unspecified atom stereocenters. The first-order valence-electron chi connectivity index (χ1n) is 7.12. The van der Waals surface area contributed by atoms with Gasteiger partial charge < -0.3 is 11.1 Å². The number of nitrogens with one attached hydrogen (secondary N) is 1. The molecular weight excluding hydrogens is 236 g/mol. The Hall–Kier alpha value is -1.35. The Morgan fingerprint density at radius 3 is 2.37 bits per heavy atom. The zero-order valence-corrected chi connectivity index (χ0v) is 12.3. The summed E-state index contributed by atoms with van der Waals surface area (Å²) in [6, 6.07) is 9.86. The quantitative estimate of drug-likeness (QED) is 0.793. The fourth-order valence-corrected chi connectivity index (χ4v) is 1.98. The minimum absolute atomic E-state index is 0.0681. The van der Waals surface area contributed by atoms with Gasteiger partial charge in [0.15, 0.2) is 0 Å². The number of carbonyl (C=O) groups is 1. The minimum Gasteiger partial charge on any atom is -0.351 e. The molecule has 1 rings (SSSR count). The Labute approximate surface area is 116 Å². The van der Waals surface area contributed by atoms with Crippen LogP contribution < -0.4 is 11.1 Å². The Morgan fingerprint density at radius 1 is 1.26 bits per heavy atom. The van der Waals surface area contributed by atoms with Crippen molar-refractivity contribution >= 4 is 5.91 Å². The average molecular weight is 262 g/mol. The van der Waals surface area contributed by atoms with Crippen LogP contribution in [0.4, 0.5) is 0 Å². The molecule has 0 fully saturated rings. The predicted molar refractivity (Wildman–Crippen MR) is 79.7 cm³/mol. The molecule has 0 aliphatic carbocycles. The highest BCUT2D eigenvalue weighted by molar-refractivity contribution is 5.76. The van der Waals surface area contributed by atoms with Gasteiger partial charge in [0.05, 0.1) is 0 Å². The standard InChI is InChI=1S/C16H26N2O/c1-4-16(3,5-2)18-15(19)12-11-14(17)13-9-7-6-8-10-13/h6-10,14H,4-5,11-12,17H2,1-3H3,(H,18,19). The van der Waals surface area contributed by atoms with Crippen LogP contribution in [0.3, 0.4) is 0 Å². The Kier molecular flexibility index (Phi) is 6.03. The van der Waals surface area contributed by atoms with Crippen molar-refractivity contribution in [2.24, 2.45) is 5.73 Å². The lowest BCUT2D eigenvalue weighted by atomic mass is 9.95. The normalized spacial score (nSPS) is 13.1. The average Bonchev–Trinajstić information content (AvgIpc) is 2.45. The van der Waals surface area contributed by atoms with Crippen molar-refractivity contribution in [3.8, 4) is 0 Å². The van der Waals surface area contributed by atoms with Gasteiger partial charge in [0.25, 0.3) is 0 Å². The molecule has 0 aliphatic rings. The van der Waals surface area contributed by atoms with Crippen LogP contribution in [0.15, 0.2) is 30.3 Å². The molecule has 0 spiro atoms. The van der Waals surface area contributed by atoms with E-state index in [1.165, 1.54) is 0 Å². The molecule has 0 bridgehead atoms. The predicted octanol–water partition coefficient (Wildman–Crippen LogP) is 3.16. The van der Waals surface area contributed by atoms with E-state index < -0.39 is 0 Å². The Morgan fingerprint density at radius 2 is 1.84 bits per heavy atom. The molecule has 0 saturated carbocycles. The lowest BCUT2D eigenvalue weighted by Gasteiger charge is -2.28. The zero-order chi connectivity index (χ0) is 14.3. The Bertz CT molecular complexity index is 385. The second kappa shape index (κ2) is 7.29. The van der Waals surface area contributed by atoms with Gasteiger partial charge in [-0.1, -0.05) is 44.2 Å². The van der Waals surface area contributed by atoms with E-state index in [2.05, 4.69) is 26.1 Å². The lowest BCUT2D eigenvalue weighted by Crippen LogP contribution is -2.45. The maximum Gasteiger partial charge on any atom is 0.220 e. The molecule has 0 aromatic heterocycles. The van der Waals surface area contributed by atoms with Gasteiger partial charge in [0, 0.05) is 18.0 Å². The van der Waals surface area contributed by atoms with Gasteiger partial charge in [-0.05, 0) is 31.7 Å². The third-order valence-electron chi connectivity index (χ3n) is 3.91. The van der Waals surface area contributed by atoms with E-state index in [0.717, 1.165) is 18.4 Å². The van der Waals surface area contributed by atoms with Gasteiger partial charge in [-0.25, -0.2) is 0 Å². The highest BCUT2D eigenvalue weighted by Gasteiger charge is 2.21. The van der Waals surface area contributed by atoms with Crippen molar-refractivity contribution in [3.05, 3.63) is 35.9 Å². The molecule has 0 aliphatic heterocycles. The molecule has 0 radical (unpaired) electrons. The molecule has 3 heteroatoms. The third kappa shape index (κ3) is 5.03. The van der Waals surface area contributed by atoms with Gasteiger partial charge in [-0.2, -0.15) is 0 Å². The summed E-state index contributed by atoms with van der Waals surface area (Å²) in [7, 11) is 0. The number of benzene rings is 1. The van der Waals surface area contributed by atoms with Crippen molar-refractivity contribution in [2.75, 3.05) is 0 Å². The molecule has 0 saturated heterocycles. The van der Waals surface area contributed by atoms with E-state index in [1.54, 1.807) is 0 Å². The first-order chi connectivity index (χ1) is 9.00. The summed E-state index contributed by atoms with van der Waals surface area (Å²) in [4.78, 5) is 11.9. The molecule has 106 valence electrons. The SMILES string of the molecule is CCC(C)(CC)NC(=O)CCC(N)c1ccccc1. The highest BCUT2D eigenvalue weighted by atomic mass is 16.1. The van der Waals surface area contributed by atoms with Gasteiger partial charge in [0.1, 0.15) is 0 Å². The van der Waals surface area contributed by atoms with Crippen LogP contribution in [-0.2, 0) is 4.79 Å². The molecule has 1 atom stereocenters. The molecule has 1 amide bonds. The monoisotopic (exact) mass is 262 g/mol. The summed E-state index contributed by atoms with van der Waals surface area (Å²) in [5, 5.41) is 3.11. The molecule has 1 aromatic carbocycles. The summed E-state index contributed by atoms with van der Waals surface area (Å²) >= 11 is 0. The minimum atomic E-state index is -0.0894. The van der Waals surface area contributed by atoms with Crippen LogP contribution in [0.5, 0.6) is 0 Å². The molecule has 3 N–H and O–H groups in total. The van der Waals surface area contributed by atoms with Gasteiger partial charge >= 0.3 is 0 Å². The summed E-state index contributed by atoms with van der Waals surface area (Å²) in [5.74, 6) is 0.0950. The first-order valence-corrected chi connectivity index (χ1v) is 7.12. The largest absolute Gasteiger partial charge is 0.351 e. The van der Waals surface area contributed by atoms with Gasteiger partial charge in [-0.15, -0.1) is 0 Å². The second-order valence-corrected chi connectivity index (χ2v) is 5.37. The first kappa shape index (κ1) is 15.7. The summed E-state index contributed by atoms with van der Waals surface area (Å²) in [6.07, 6.45) is 3.05. The van der Waals surface area contributed by atoms with Crippen LogP contribution in [-0.4, -0.2) is 11.4 Å². The third-order valence-corrected chi connectivity index (χ3v) is 3.91. The number of rotatable bonds is 7. The number of hydrogen-bond donors (Lipinski definition) is 2. The van der Waals surface area contributed by atoms with E-state index in [1.807, 2.05) is 30.3 Å². The van der Waals surface area contributed by atoms with Crippen LogP contribution in [0, 0.1) is 0 Å². The molecule has 19 heavy (non-hydrogen) atoms. The van der Waals surface area contributed by atoms with Crippen molar-refractivity contribution in [3.63, 3.8) is 0 Å². The highest BCUT2D eigenvalue weighted by Crippen LogP contribution is 2.17. The lowest BCUT2D eigenvalue weighted by molar-refractivity contribution is -0.123. The number of hydrogen-bond acceptors (Lipinski definition) is 2. The molecule has 3 nitrogen and oxygen atoms in total. The smallest absolute Gasteiger partial charge is 0.220 e. The second-order valence-electron chi connectivity index (χ2n) is 5.37. The topological polar surface area (TPSA) is 55.1 Å². The van der Waals surface area contributed by atoms with Crippen LogP contribution in [0.25, 0.3) is 0 Å². The maximum absolute atomic E-state index is 11.9. The van der Waals surface area contributed by atoms with E-state index in [0.29, 0.717) is 12.8 Å². The van der Waals surface area contributed by atoms with Crippen molar-refractivity contribution in [2.45, 2.75) is 58.0 Å². The summed E-state index contributed by atoms with van der Waals surface area (Å²) in [5.41, 5.74) is 7.09. The molecule has 1 aromatic rings. The van der Waals surface area contributed by atoms with E-state index in [9.17, 15) is 4.79 Å². The summed E-state index contributed by atoms with van der Waals surface area (Å²) in [6.45, 7) is 6.28. The van der Waals surface area contributed by atoms with E-state index >= 15 is 0 Å². The maximum atomic E-state index is 11.9. The fourth-order valence-electron chi connectivity index (χ4n) is 1.98. The summed E-state index contributed by atoms with van der Waals surface area (Å²) < 4.78 is 0. The molecular formula is C16H26N2O.